The van der Waals surface area contributed by atoms with Crippen LogP contribution in [0.25, 0.3) is 0 Å². The van der Waals surface area contributed by atoms with Gasteiger partial charge in [-0.1, -0.05) is 13.0 Å². The molecule has 0 aromatic heterocycles. The van der Waals surface area contributed by atoms with E-state index in [2.05, 4.69) is 13.0 Å². The fourth-order valence-electron chi connectivity index (χ4n) is 2.34. The molecule has 1 saturated carbocycles. The summed E-state index contributed by atoms with van der Waals surface area (Å²) in [6.45, 7) is 2.68. The first kappa shape index (κ1) is 15.7. The Balaban J connectivity index is 2.09. The van der Waals surface area contributed by atoms with Crippen molar-refractivity contribution >= 4 is 0 Å². The largest absolute Gasteiger partial charge is 0.497 e. The summed E-state index contributed by atoms with van der Waals surface area (Å²) in [7, 11) is 1.65. The molecule has 1 aromatic carbocycles. The molecule has 1 atom stereocenters. The minimum atomic E-state index is 0.0714. The number of hydrogen-bond acceptors (Lipinski definition) is 4. The molecule has 21 heavy (non-hydrogen) atoms. The van der Waals surface area contributed by atoms with Crippen LogP contribution in [-0.4, -0.2) is 19.8 Å². The van der Waals surface area contributed by atoms with Crippen LogP contribution in [0.15, 0.2) is 18.2 Å². The summed E-state index contributed by atoms with van der Waals surface area (Å²) in [6.07, 6.45) is 4.45. The average molecular weight is 288 g/mol. The molecule has 1 aromatic rings. The van der Waals surface area contributed by atoms with Crippen LogP contribution >= 0.6 is 0 Å². The lowest BCUT2D eigenvalue weighted by molar-refractivity contribution is 0.233. The Labute approximate surface area is 126 Å². The van der Waals surface area contributed by atoms with Gasteiger partial charge in [-0.15, -0.1) is 0 Å². The second-order valence-electron chi connectivity index (χ2n) is 5.97. The van der Waals surface area contributed by atoms with Crippen molar-refractivity contribution in [1.29, 1.82) is 5.26 Å². The van der Waals surface area contributed by atoms with Crippen LogP contribution in [-0.2, 0) is 6.42 Å². The third-order valence-electron chi connectivity index (χ3n) is 4.23. The van der Waals surface area contributed by atoms with E-state index in [1.165, 1.54) is 0 Å². The molecule has 0 radical (unpaired) electrons. The van der Waals surface area contributed by atoms with Gasteiger partial charge < -0.3 is 15.2 Å². The van der Waals surface area contributed by atoms with E-state index in [9.17, 15) is 0 Å². The van der Waals surface area contributed by atoms with E-state index in [4.69, 9.17) is 20.5 Å². The van der Waals surface area contributed by atoms with Crippen LogP contribution in [0.3, 0.4) is 0 Å². The maximum Gasteiger partial charge on any atom is 0.126 e. The smallest absolute Gasteiger partial charge is 0.126 e. The van der Waals surface area contributed by atoms with Crippen LogP contribution in [0.5, 0.6) is 11.5 Å². The zero-order valence-electron chi connectivity index (χ0n) is 12.9. The number of methoxy groups -OCH3 is 1. The number of nitriles is 1. The summed E-state index contributed by atoms with van der Waals surface area (Å²) < 4.78 is 11.3. The molecule has 0 bridgehead atoms. The zero-order valence-corrected chi connectivity index (χ0v) is 12.9. The second-order valence-corrected chi connectivity index (χ2v) is 5.97. The Morgan fingerprint density at radius 3 is 2.76 bits per heavy atom. The molecule has 4 heteroatoms. The van der Waals surface area contributed by atoms with Gasteiger partial charge in [0.25, 0.3) is 0 Å². The number of ether oxygens (including phenoxy) is 2. The van der Waals surface area contributed by atoms with Gasteiger partial charge in [0.1, 0.15) is 11.5 Å². The molecule has 1 aliphatic rings. The molecule has 2 rings (SSSR count). The lowest BCUT2D eigenvalue weighted by atomic mass is 10.0. The number of rotatable bonds is 8. The summed E-state index contributed by atoms with van der Waals surface area (Å²) in [5, 5.41) is 8.88. The van der Waals surface area contributed by atoms with Crippen LogP contribution in [0.4, 0.5) is 0 Å². The fraction of sp³-hybridized carbons (Fsp3) is 0.588. The average Bonchev–Trinajstić information content (AvgIpc) is 3.26. The molecule has 4 nitrogen and oxygen atoms in total. The van der Waals surface area contributed by atoms with Gasteiger partial charge in [0, 0.05) is 23.9 Å². The summed E-state index contributed by atoms with van der Waals surface area (Å²) >= 11 is 0. The van der Waals surface area contributed by atoms with E-state index >= 15 is 0 Å². The molecule has 0 aliphatic heterocycles. The van der Waals surface area contributed by atoms with Crippen LogP contribution in [0, 0.1) is 16.7 Å². The number of nitrogens with two attached hydrogens (primary N) is 1. The second kappa shape index (κ2) is 6.82. The van der Waals surface area contributed by atoms with E-state index in [-0.39, 0.29) is 11.5 Å². The van der Waals surface area contributed by atoms with Crippen molar-refractivity contribution in [2.75, 3.05) is 13.7 Å². The lowest BCUT2D eigenvalue weighted by Gasteiger charge is -2.18. The predicted octanol–water partition coefficient (Wildman–Crippen LogP) is 3.05. The Morgan fingerprint density at radius 2 is 2.19 bits per heavy atom. The van der Waals surface area contributed by atoms with Crippen molar-refractivity contribution in [3.8, 4) is 17.6 Å². The highest BCUT2D eigenvalue weighted by Crippen LogP contribution is 2.49. The molecular weight excluding hydrogens is 264 g/mol. The Bertz CT molecular complexity index is 518. The van der Waals surface area contributed by atoms with Gasteiger partial charge >= 0.3 is 0 Å². The van der Waals surface area contributed by atoms with E-state index < -0.39 is 0 Å². The summed E-state index contributed by atoms with van der Waals surface area (Å²) in [5.74, 6) is 1.62. The first-order valence-corrected chi connectivity index (χ1v) is 7.55. The van der Waals surface area contributed by atoms with Gasteiger partial charge in [-0.3, -0.25) is 0 Å². The lowest BCUT2D eigenvalue weighted by Crippen LogP contribution is -2.22. The topological polar surface area (TPSA) is 68.3 Å². The SMILES string of the molecule is CCC(N)Cc1ccc(OC)cc1OCC1(CC#N)CC1. The molecule has 0 amide bonds. The molecule has 0 spiro atoms. The van der Waals surface area contributed by atoms with Gasteiger partial charge in [0.2, 0.25) is 0 Å². The van der Waals surface area contributed by atoms with Gasteiger partial charge in [-0.25, -0.2) is 0 Å². The third-order valence-corrected chi connectivity index (χ3v) is 4.23. The van der Waals surface area contributed by atoms with E-state index in [0.29, 0.717) is 13.0 Å². The van der Waals surface area contributed by atoms with Crippen molar-refractivity contribution < 1.29 is 9.47 Å². The van der Waals surface area contributed by atoms with Crippen molar-refractivity contribution in [2.45, 2.75) is 45.1 Å². The quantitative estimate of drug-likeness (QED) is 0.798. The van der Waals surface area contributed by atoms with Crippen LogP contribution in [0.2, 0.25) is 0 Å². The minimum absolute atomic E-state index is 0.0714. The Hall–Kier alpha value is -1.73. The number of hydrogen-bond donors (Lipinski definition) is 1. The number of benzene rings is 1. The third kappa shape index (κ3) is 4.12. The maximum atomic E-state index is 8.88. The van der Waals surface area contributed by atoms with E-state index in [1.54, 1.807) is 7.11 Å². The van der Waals surface area contributed by atoms with Crippen LogP contribution in [0.1, 0.15) is 38.2 Å². The van der Waals surface area contributed by atoms with Crippen molar-refractivity contribution in [1.82, 2.24) is 0 Å². The molecule has 0 saturated heterocycles. The predicted molar refractivity (Wildman–Crippen MR) is 82.4 cm³/mol. The normalized spacial score (nSPS) is 16.9. The standard InChI is InChI=1S/C17H24N2O2/c1-3-14(19)10-13-4-5-15(20-2)11-16(13)21-12-17(6-7-17)8-9-18/h4-5,11,14H,3,6-8,10,12,19H2,1-2H3. The van der Waals surface area contributed by atoms with E-state index in [0.717, 1.165) is 42.7 Å². The molecule has 114 valence electrons. The fourth-order valence-corrected chi connectivity index (χ4v) is 2.34. The summed E-state index contributed by atoms with van der Waals surface area (Å²) in [4.78, 5) is 0. The molecular formula is C17H24N2O2. The molecule has 1 fully saturated rings. The van der Waals surface area contributed by atoms with Gasteiger partial charge in [0.05, 0.1) is 19.8 Å². The molecule has 1 unspecified atom stereocenters. The highest BCUT2D eigenvalue weighted by Gasteiger charge is 2.43. The van der Waals surface area contributed by atoms with Gasteiger partial charge in [-0.05, 0) is 37.3 Å². The number of nitrogens with zero attached hydrogens (tertiary/aromatic N) is 1. The Kier molecular flexibility index (Phi) is 5.08. The first-order chi connectivity index (χ1) is 10.1. The molecule has 2 N–H and O–H groups in total. The summed E-state index contributed by atoms with van der Waals surface area (Å²) in [5.41, 5.74) is 7.24. The van der Waals surface area contributed by atoms with Crippen molar-refractivity contribution in [3.63, 3.8) is 0 Å². The molecule has 1 aliphatic carbocycles. The van der Waals surface area contributed by atoms with Gasteiger partial charge in [-0.2, -0.15) is 5.26 Å². The minimum Gasteiger partial charge on any atom is -0.497 e. The van der Waals surface area contributed by atoms with Gasteiger partial charge in [0.15, 0.2) is 0 Å². The monoisotopic (exact) mass is 288 g/mol. The summed E-state index contributed by atoms with van der Waals surface area (Å²) in [6, 6.07) is 8.27. The molecule has 0 heterocycles. The van der Waals surface area contributed by atoms with Crippen LogP contribution < -0.4 is 15.2 Å². The highest BCUT2D eigenvalue weighted by molar-refractivity contribution is 5.41. The van der Waals surface area contributed by atoms with E-state index in [1.807, 2.05) is 18.2 Å². The van der Waals surface area contributed by atoms with Crippen molar-refractivity contribution in [2.24, 2.45) is 11.1 Å². The maximum absolute atomic E-state index is 8.88. The zero-order chi connectivity index (χ0) is 15.3. The first-order valence-electron chi connectivity index (χ1n) is 7.55. The Morgan fingerprint density at radius 1 is 1.43 bits per heavy atom. The van der Waals surface area contributed by atoms with Crippen molar-refractivity contribution in [3.05, 3.63) is 23.8 Å². The highest BCUT2D eigenvalue weighted by atomic mass is 16.5.